The van der Waals surface area contributed by atoms with Gasteiger partial charge in [0.15, 0.2) is 0 Å². The van der Waals surface area contributed by atoms with Crippen molar-refractivity contribution in [3.63, 3.8) is 0 Å². The van der Waals surface area contributed by atoms with Gasteiger partial charge in [-0.1, -0.05) is 13.8 Å². The third kappa shape index (κ3) is 3.04. The fourth-order valence-electron chi connectivity index (χ4n) is 2.17. The number of nitrogens with zero attached hydrogens (tertiary/aromatic N) is 2. The van der Waals surface area contributed by atoms with Gasteiger partial charge in [0.25, 0.3) is 5.56 Å². The topological polar surface area (TPSA) is 61.2 Å². The van der Waals surface area contributed by atoms with E-state index in [1.54, 1.807) is 13.8 Å². The van der Waals surface area contributed by atoms with Crippen LogP contribution in [0.15, 0.2) is 4.79 Å². The van der Waals surface area contributed by atoms with Gasteiger partial charge in [-0.05, 0) is 25.3 Å². The summed E-state index contributed by atoms with van der Waals surface area (Å²) in [5, 5.41) is 0.376. The van der Waals surface area contributed by atoms with Crippen LogP contribution in [0.1, 0.15) is 34.9 Å². The molecule has 0 aliphatic carbocycles. The summed E-state index contributed by atoms with van der Waals surface area (Å²) in [6, 6.07) is 0. The molecule has 0 N–H and O–H groups in total. The van der Waals surface area contributed by atoms with Crippen molar-refractivity contribution in [2.75, 3.05) is 13.3 Å². The Morgan fingerprint density at radius 3 is 2.68 bits per heavy atom. The van der Waals surface area contributed by atoms with Crippen LogP contribution >= 0.6 is 11.3 Å². The van der Waals surface area contributed by atoms with Crippen LogP contribution in [0.4, 0.5) is 4.39 Å². The van der Waals surface area contributed by atoms with Crippen molar-refractivity contribution in [3.8, 4) is 0 Å². The Bertz CT molecular complexity index is 764. The summed E-state index contributed by atoms with van der Waals surface area (Å²) in [6.07, 6.45) is 0. The molecule has 0 aliphatic rings. The summed E-state index contributed by atoms with van der Waals surface area (Å²) in [4.78, 5) is 29.8. The van der Waals surface area contributed by atoms with Crippen LogP contribution in [-0.2, 0) is 11.3 Å². The first-order valence-electron chi connectivity index (χ1n) is 7.10. The Balaban J connectivity index is 2.52. The van der Waals surface area contributed by atoms with Crippen LogP contribution in [0, 0.1) is 19.8 Å². The fourth-order valence-corrected chi connectivity index (χ4v) is 3.28. The SMILES string of the molecule is Cc1c(C(=O)OCC(C)C)sc2nc(C)n(CCF)c(=O)c12. The predicted octanol–water partition coefficient (Wildman–Crippen LogP) is 2.86. The van der Waals surface area contributed by atoms with Gasteiger partial charge in [-0.15, -0.1) is 11.3 Å². The molecule has 5 nitrogen and oxygen atoms in total. The van der Waals surface area contributed by atoms with E-state index in [1.165, 1.54) is 4.57 Å². The number of hydrogen-bond acceptors (Lipinski definition) is 5. The van der Waals surface area contributed by atoms with E-state index >= 15 is 0 Å². The number of fused-ring (bicyclic) bond motifs is 1. The predicted molar refractivity (Wildman–Crippen MR) is 84.4 cm³/mol. The van der Waals surface area contributed by atoms with Gasteiger partial charge in [-0.25, -0.2) is 14.2 Å². The van der Waals surface area contributed by atoms with Crippen LogP contribution in [0.5, 0.6) is 0 Å². The lowest BCUT2D eigenvalue weighted by Gasteiger charge is -2.07. The highest BCUT2D eigenvalue weighted by atomic mass is 32.1. The minimum atomic E-state index is -0.638. The largest absolute Gasteiger partial charge is 0.461 e. The Kier molecular flexibility index (Phi) is 4.95. The molecule has 0 unspecified atom stereocenters. The minimum Gasteiger partial charge on any atom is -0.461 e. The number of esters is 1. The smallest absolute Gasteiger partial charge is 0.348 e. The zero-order valence-electron chi connectivity index (χ0n) is 13.1. The van der Waals surface area contributed by atoms with Gasteiger partial charge in [-0.2, -0.15) is 0 Å². The number of halogens is 1. The number of aryl methyl sites for hydroxylation is 2. The average Bonchev–Trinajstić information content (AvgIpc) is 2.77. The van der Waals surface area contributed by atoms with Crippen LogP contribution < -0.4 is 5.56 Å². The molecule has 0 saturated heterocycles. The molecular weight excluding hydrogens is 307 g/mol. The summed E-state index contributed by atoms with van der Waals surface area (Å²) in [6.45, 7) is 6.91. The van der Waals surface area contributed by atoms with Crippen molar-refractivity contribution >= 4 is 27.5 Å². The van der Waals surface area contributed by atoms with Crippen molar-refractivity contribution in [3.05, 3.63) is 26.6 Å². The number of aromatic nitrogens is 2. The quantitative estimate of drug-likeness (QED) is 0.793. The van der Waals surface area contributed by atoms with Gasteiger partial charge >= 0.3 is 5.97 Å². The molecule has 120 valence electrons. The Morgan fingerprint density at radius 2 is 2.09 bits per heavy atom. The molecule has 0 aliphatic heterocycles. The molecule has 0 spiro atoms. The normalized spacial score (nSPS) is 11.4. The molecule has 2 aromatic rings. The maximum atomic E-state index is 12.6. The van der Waals surface area contributed by atoms with Crippen molar-refractivity contribution in [2.24, 2.45) is 5.92 Å². The van der Waals surface area contributed by atoms with Crippen LogP contribution in [0.25, 0.3) is 10.2 Å². The van der Waals surface area contributed by atoms with Crippen molar-refractivity contribution in [1.29, 1.82) is 0 Å². The number of hydrogen-bond donors (Lipinski definition) is 0. The molecule has 0 bridgehead atoms. The van der Waals surface area contributed by atoms with Crippen molar-refractivity contribution in [1.82, 2.24) is 9.55 Å². The molecule has 2 aromatic heterocycles. The number of carbonyl (C=O) groups is 1. The van der Waals surface area contributed by atoms with E-state index in [-0.39, 0.29) is 18.0 Å². The lowest BCUT2D eigenvalue weighted by Crippen LogP contribution is -2.24. The highest BCUT2D eigenvalue weighted by Crippen LogP contribution is 2.28. The molecule has 2 heterocycles. The minimum absolute atomic E-state index is 0.0317. The molecule has 0 radical (unpaired) electrons. The van der Waals surface area contributed by atoms with Gasteiger partial charge < -0.3 is 4.74 Å². The second-order valence-corrected chi connectivity index (χ2v) is 6.53. The lowest BCUT2D eigenvalue weighted by atomic mass is 10.2. The standard InChI is InChI=1S/C15H19FN2O3S/c1-8(2)7-21-15(20)12-9(3)11-13(22-12)17-10(4)18(6-5-16)14(11)19/h8H,5-7H2,1-4H3. The van der Waals surface area contributed by atoms with Gasteiger partial charge in [0, 0.05) is 0 Å². The maximum absolute atomic E-state index is 12.6. The number of alkyl halides is 1. The summed E-state index contributed by atoms with van der Waals surface area (Å²) in [7, 11) is 0. The number of thiophene rings is 1. The maximum Gasteiger partial charge on any atom is 0.348 e. The molecular formula is C15H19FN2O3S. The Labute approximate surface area is 131 Å². The van der Waals surface area contributed by atoms with Gasteiger partial charge in [-0.3, -0.25) is 9.36 Å². The molecule has 0 atom stereocenters. The Morgan fingerprint density at radius 1 is 1.41 bits per heavy atom. The van der Waals surface area contributed by atoms with Gasteiger partial charge in [0.2, 0.25) is 0 Å². The van der Waals surface area contributed by atoms with Gasteiger partial charge in [0.05, 0.1) is 18.5 Å². The molecule has 0 saturated carbocycles. The first-order chi connectivity index (χ1) is 10.4. The first kappa shape index (κ1) is 16.6. The van der Waals surface area contributed by atoms with E-state index in [0.717, 1.165) is 11.3 Å². The van der Waals surface area contributed by atoms with E-state index in [0.29, 0.717) is 33.1 Å². The number of carbonyl (C=O) groups excluding carboxylic acids is 1. The van der Waals surface area contributed by atoms with Gasteiger partial charge in [0.1, 0.15) is 22.2 Å². The van der Waals surface area contributed by atoms with Crippen LogP contribution in [-0.4, -0.2) is 28.8 Å². The molecule has 0 aromatic carbocycles. The number of rotatable bonds is 5. The van der Waals surface area contributed by atoms with E-state index < -0.39 is 12.6 Å². The summed E-state index contributed by atoms with van der Waals surface area (Å²) in [5.41, 5.74) is 0.246. The zero-order valence-corrected chi connectivity index (χ0v) is 13.9. The van der Waals surface area contributed by atoms with E-state index in [4.69, 9.17) is 4.74 Å². The zero-order chi connectivity index (χ0) is 16.4. The van der Waals surface area contributed by atoms with E-state index in [1.807, 2.05) is 13.8 Å². The fraction of sp³-hybridized carbons (Fsp3) is 0.533. The van der Waals surface area contributed by atoms with Crippen molar-refractivity contribution in [2.45, 2.75) is 34.2 Å². The second kappa shape index (κ2) is 6.56. The van der Waals surface area contributed by atoms with Crippen molar-refractivity contribution < 1.29 is 13.9 Å². The van der Waals surface area contributed by atoms with Crippen LogP contribution in [0.2, 0.25) is 0 Å². The average molecular weight is 326 g/mol. The lowest BCUT2D eigenvalue weighted by molar-refractivity contribution is 0.0464. The van der Waals surface area contributed by atoms with E-state index in [9.17, 15) is 14.0 Å². The summed E-state index contributed by atoms with van der Waals surface area (Å²) < 4.78 is 19.1. The monoisotopic (exact) mass is 326 g/mol. The molecule has 7 heteroatoms. The molecule has 0 fully saturated rings. The molecule has 0 amide bonds. The highest BCUT2D eigenvalue weighted by Gasteiger charge is 2.21. The number of ether oxygens (including phenoxy) is 1. The Hall–Kier alpha value is -1.76. The molecule has 22 heavy (non-hydrogen) atoms. The third-order valence-electron chi connectivity index (χ3n) is 3.28. The summed E-state index contributed by atoms with van der Waals surface area (Å²) >= 11 is 1.15. The second-order valence-electron chi connectivity index (χ2n) is 5.53. The summed E-state index contributed by atoms with van der Waals surface area (Å²) in [5.74, 6) is 0.238. The third-order valence-corrected chi connectivity index (χ3v) is 4.45. The van der Waals surface area contributed by atoms with Crippen LogP contribution in [0.3, 0.4) is 0 Å². The molecule has 2 rings (SSSR count). The first-order valence-corrected chi connectivity index (χ1v) is 7.92. The van der Waals surface area contributed by atoms with E-state index in [2.05, 4.69) is 4.98 Å². The highest BCUT2D eigenvalue weighted by molar-refractivity contribution is 7.20.